The number of carbonyl (C=O) groups is 5. The minimum absolute atomic E-state index is 0.0417. The lowest BCUT2D eigenvalue weighted by Gasteiger charge is -2.23. The molecule has 0 radical (unpaired) electrons. The second-order valence-corrected chi connectivity index (χ2v) is 12.3. The summed E-state index contributed by atoms with van der Waals surface area (Å²) in [6.45, 7) is 1.80. The Morgan fingerprint density at radius 1 is 0.812 bits per heavy atom. The number of urea groups is 1. The lowest BCUT2D eigenvalue weighted by Crippen LogP contribution is -2.52. The number of aromatic nitrogens is 1. The van der Waals surface area contributed by atoms with E-state index in [1.807, 2.05) is 91.0 Å². The highest BCUT2D eigenvalue weighted by Crippen LogP contribution is 2.23. The van der Waals surface area contributed by atoms with Crippen LogP contribution in [0.25, 0.3) is 11.1 Å². The van der Waals surface area contributed by atoms with Crippen molar-refractivity contribution in [1.82, 2.24) is 20.9 Å². The van der Waals surface area contributed by atoms with Gasteiger partial charge in [0.1, 0.15) is 6.04 Å². The number of amides is 3. The number of carbonyl (C=O) groups excluding carboxylic acids is 5. The van der Waals surface area contributed by atoms with Crippen molar-refractivity contribution >= 4 is 29.3 Å². The Labute approximate surface area is 280 Å². The van der Waals surface area contributed by atoms with Crippen molar-refractivity contribution in [2.24, 2.45) is 5.92 Å². The smallest absolute Gasteiger partial charge is 0.315 e. The molecule has 1 aliphatic rings. The molecule has 9 heteroatoms. The Morgan fingerprint density at radius 2 is 1.52 bits per heavy atom. The number of rotatable bonds is 10. The average molecular weight is 645 g/mol. The topological polar surface area (TPSA) is 134 Å². The van der Waals surface area contributed by atoms with Gasteiger partial charge in [0.15, 0.2) is 11.6 Å². The number of fused-ring (bicyclic) bond motifs is 5. The summed E-state index contributed by atoms with van der Waals surface area (Å²) in [5.41, 5.74) is 5.37. The Kier molecular flexibility index (Phi) is 11.6. The first-order valence-corrected chi connectivity index (χ1v) is 16.3. The molecule has 5 rings (SSSR count). The zero-order valence-corrected chi connectivity index (χ0v) is 27.0. The van der Waals surface area contributed by atoms with Crippen LogP contribution in [0.2, 0.25) is 0 Å². The highest BCUT2D eigenvalue weighted by molar-refractivity contribution is 6.38. The molecule has 0 saturated carbocycles. The molecule has 1 aliphatic heterocycles. The van der Waals surface area contributed by atoms with E-state index in [4.69, 9.17) is 0 Å². The molecule has 0 aliphatic carbocycles. The number of nitrogens with zero attached hydrogens (tertiary/aromatic N) is 1. The zero-order chi connectivity index (χ0) is 33.9. The number of Topliss-reactive ketones (excluding diaryl/α,β-unsaturated/α-hetero) is 3. The molecule has 2 heterocycles. The van der Waals surface area contributed by atoms with Gasteiger partial charge < -0.3 is 16.0 Å². The SMILES string of the molecule is C[C@@H]1NC(=O)NCc2cccc(c2)-c2cncc(c2)CC[C@@H](C(=O)C[C@@H](Cc2ccccc2)C(=O)C(=O)CCc2ccccc2)NC1=O. The highest BCUT2D eigenvalue weighted by Gasteiger charge is 2.32. The first kappa shape index (κ1) is 33.9. The molecule has 246 valence electrons. The van der Waals surface area contributed by atoms with Crippen LogP contribution in [0.3, 0.4) is 0 Å². The molecular formula is C39H40N4O5. The maximum Gasteiger partial charge on any atom is 0.315 e. The second-order valence-electron chi connectivity index (χ2n) is 12.3. The van der Waals surface area contributed by atoms with E-state index in [1.165, 1.54) is 0 Å². The van der Waals surface area contributed by atoms with Gasteiger partial charge >= 0.3 is 6.03 Å². The number of aryl methyl sites for hydroxylation is 2. The minimum atomic E-state index is -0.963. The van der Waals surface area contributed by atoms with E-state index in [1.54, 1.807) is 19.3 Å². The molecule has 0 spiro atoms. The van der Waals surface area contributed by atoms with E-state index in [0.29, 0.717) is 12.8 Å². The first-order valence-electron chi connectivity index (χ1n) is 16.3. The minimum Gasteiger partial charge on any atom is -0.345 e. The fraction of sp³-hybridized carbons (Fsp3) is 0.282. The van der Waals surface area contributed by atoms with Crippen LogP contribution in [0.15, 0.2) is 103 Å². The Hall–Kier alpha value is -5.44. The highest BCUT2D eigenvalue weighted by atomic mass is 16.2. The van der Waals surface area contributed by atoms with Gasteiger partial charge in [-0.25, -0.2) is 4.79 Å². The number of ketones is 3. The van der Waals surface area contributed by atoms with Gasteiger partial charge in [0.05, 0.1) is 6.04 Å². The standard InChI is InChI=1S/C39H40N4O5/c1-26-38(47)43-34(17-15-30-21-33(25-40-23-30)31-14-8-13-29(20-31)24-41-39(48)42-26)36(45)22-32(19-28-11-6-3-7-12-28)37(46)35(44)18-16-27-9-4-2-5-10-27/h2-14,20-21,23,25-26,32,34H,15-19,22,24H2,1H3,(H,43,47)(H2,41,42,48)/t26-,32+,34-/m0/s1. The maximum atomic E-state index is 14.0. The van der Waals surface area contributed by atoms with Crippen molar-refractivity contribution in [3.8, 4) is 11.1 Å². The molecule has 1 aromatic heterocycles. The lowest BCUT2D eigenvalue weighted by atomic mass is 9.85. The van der Waals surface area contributed by atoms with Crippen LogP contribution >= 0.6 is 0 Å². The van der Waals surface area contributed by atoms with Crippen LogP contribution in [0.1, 0.15) is 48.4 Å². The molecule has 4 aromatic rings. The van der Waals surface area contributed by atoms with E-state index >= 15 is 0 Å². The van der Waals surface area contributed by atoms with Crippen molar-refractivity contribution in [2.45, 2.75) is 64.1 Å². The van der Waals surface area contributed by atoms with Gasteiger partial charge in [-0.2, -0.15) is 0 Å². The first-order chi connectivity index (χ1) is 23.2. The van der Waals surface area contributed by atoms with Crippen molar-refractivity contribution in [3.05, 3.63) is 126 Å². The summed E-state index contributed by atoms with van der Waals surface area (Å²) in [5.74, 6) is -2.89. The Balaban J connectivity index is 1.38. The van der Waals surface area contributed by atoms with E-state index in [9.17, 15) is 24.0 Å². The van der Waals surface area contributed by atoms with Gasteiger partial charge in [-0.1, -0.05) is 78.9 Å². The van der Waals surface area contributed by atoms with Crippen LogP contribution in [0, 0.1) is 5.92 Å². The number of hydrogen-bond donors (Lipinski definition) is 3. The van der Waals surface area contributed by atoms with Crippen molar-refractivity contribution in [1.29, 1.82) is 0 Å². The summed E-state index contributed by atoms with van der Waals surface area (Å²) in [4.78, 5) is 71.1. The average Bonchev–Trinajstić information content (AvgIpc) is 3.11. The van der Waals surface area contributed by atoms with Gasteiger partial charge in [0.25, 0.3) is 0 Å². The molecule has 9 nitrogen and oxygen atoms in total. The number of benzene rings is 3. The summed E-state index contributed by atoms with van der Waals surface area (Å²) < 4.78 is 0. The quantitative estimate of drug-likeness (QED) is 0.209. The fourth-order valence-electron chi connectivity index (χ4n) is 5.85. The predicted molar refractivity (Wildman–Crippen MR) is 183 cm³/mol. The molecule has 3 atom stereocenters. The summed E-state index contributed by atoms with van der Waals surface area (Å²) in [5, 5.41) is 8.23. The third-order valence-corrected chi connectivity index (χ3v) is 8.58. The van der Waals surface area contributed by atoms with E-state index < -0.39 is 41.5 Å². The monoisotopic (exact) mass is 644 g/mol. The molecule has 3 aromatic carbocycles. The van der Waals surface area contributed by atoms with Gasteiger partial charge in [-0.05, 0) is 72.6 Å². The number of nitrogens with one attached hydrogen (secondary N) is 3. The maximum absolute atomic E-state index is 14.0. The van der Waals surface area contributed by atoms with E-state index in [2.05, 4.69) is 20.9 Å². The van der Waals surface area contributed by atoms with Gasteiger partial charge in [-0.15, -0.1) is 0 Å². The molecule has 3 amide bonds. The van der Waals surface area contributed by atoms with Crippen LogP contribution in [0.5, 0.6) is 0 Å². The van der Waals surface area contributed by atoms with E-state index in [0.717, 1.165) is 33.4 Å². The normalized spacial score (nSPS) is 17.3. The van der Waals surface area contributed by atoms with Gasteiger partial charge in [0.2, 0.25) is 11.7 Å². The van der Waals surface area contributed by atoms with Crippen LogP contribution in [-0.2, 0) is 45.0 Å². The summed E-state index contributed by atoms with van der Waals surface area (Å²) in [6.07, 6.45) is 4.61. The fourth-order valence-corrected chi connectivity index (χ4v) is 5.85. The second kappa shape index (κ2) is 16.4. The van der Waals surface area contributed by atoms with Crippen molar-refractivity contribution < 1.29 is 24.0 Å². The molecule has 0 saturated heterocycles. The summed E-state index contributed by atoms with van der Waals surface area (Å²) >= 11 is 0. The van der Waals surface area contributed by atoms with Gasteiger partial charge in [-0.3, -0.25) is 24.2 Å². The number of pyridine rings is 1. The largest absolute Gasteiger partial charge is 0.345 e. The van der Waals surface area contributed by atoms with Crippen molar-refractivity contribution in [3.63, 3.8) is 0 Å². The Bertz CT molecular complexity index is 1760. The zero-order valence-electron chi connectivity index (χ0n) is 27.0. The molecule has 0 unspecified atom stereocenters. The van der Waals surface area contributed by atoms with Crippen LogP contribution < -0.4 is 16.0 Å². The predicted octanol–water partition coefficient (Wildman–Crippen LogP) is 4.96. The van der Waals surface area contributed by atoms with Crippen LogP contribution in [0.4, 0.5) is 4.79 Å². The molecule has 3 N–H and O–H groups in total. The van der Waals surface area contributed by atoms with Crippen molar-refractivity contribution in [2.75, 3.05) is 0 Å². The molecule has 48 heavy (non-hydrogen) atoms. The Morgan fingerprint density at radius 3 is 2.27 bits per heavy atom. The molecule has 4 bridgehead atoms. The molecular weight excluding hydrogens is 604 g/mol. The third kappa shape index (κ3) is 9.54. The summed E-state index contributed by atoms with van der Waals surface area (Å²) in [7, 11) is 0. The third-order valence-electron chi connectivity index (χ3n) is 8.58. The summed E-state index contributed by atoms with van der Waals surface area (Å²) in [6, 6.07) is 26.1. The van der Waals surface area contributed by atoms with E-state index in [-0.39, 0.29) is 38.0 Å². The molecule has 0 fully saturated rings. The van der Waals surface area contributed by atoms with Crippen LogP contribution in [-0.4, -0.2) is 46.4 Å². The number of hydrogen-bond acceptors (Lipinski definition) is 6. The van der Waals surface area contributed by atoms with Gasteiger partial charge in [0, 0.05) is 43.3 Å². The lowest BCUT2D eigenvalue weighted by molar-refractivity contribution is -0.140.